The molecule has 7 nitrogen and oxygen atoms in total. The number of rotatable bonds is 8. The molecule has 0 saturated carbocycles. The van der Waals surface area contributed by atoms with Crippen LogP contribution in [0.4, 0.5) is 0 Å². The summed E-state index contributed by atoms with van der Waals surface area (Å²) in [6, 6.07) is 43.9. The highest BCUT2D eigenvalue weighted by atomic mass is 16.5. The van der Waals surface area contributed by atoms with Gasteiger partial charge in [-0.1, -0.05) is 84.9 Å². The van der Waals surface area contributed by atoms with E-state index < -0.39 is 0 Å². The van der Waals surface area contributed by atoms with Crippen molar-refractivity contribution in [2.45, 2.75) is 12.8 Å². The van der Waals surface area contributed by atoms with Gasteiger partial charge in [-0.05, 0) is 95.8 Å². The van der Waals surface area contributed by atoms with E-state index in [1.807, 2.05) is 84.9 Å². The van der Waals surface area contributed by atoms with E-state index in [0.29, 0.717) is 35.1 Å². The van der Waals surface area contributed by atoms with Crippen molar-refractivity contribution in [3.8, 4) is 57.0 Å². The maximum Gasteiger partial charge on any atom is 0.248 e. The van der Waals surface area contributed by atoms with Crippen LogP contribution in [-0.2, 0) is 0 Å². The third-order valence-electron chi connectivity index (χ3n) is 8.10. The first kappa shape index (κ1) is 28.2. The summed E-state index contributed by atoms with van der Waals surface area (Å²) in [5, 5.41) is 17.1. The van der Waals surface area contributed by atoms with Gasteiger partial charge >= 0.3 is 0 Å². The number of aromatic nitrogens is 4. The van der Waals surface area contributed by atoms with Crippen molar-refractivity contribution >= 4 is 11.1 Å². The van der Waals surface area contributed by atoms with E-state index in [9.17, 15) is 0 Å². The first-order valence-corrected chi connectivity index (χ1v) is 15.4. The van der Waals surface area contributed by atoms with E-state index in [-0.39, 0.29) is 0 Å². The van der Waals surface area contributed by atoms with Gasteiger partial charge in [0, 0.05) is 22.3 Å². The standard InChI is InChI=1S/C40H28N4O3/c1-3-7-27(8-4-1)29-11-15-31(16-12-29)37-41-43-39(46-37)33-19-23-35(24-20-33)45-36-25-21-34(22-26-36)40-44-42-38(47-40)32-17-13-30(14-18-32)28-9-5-2-6-10-28/h1-13,15-17,19-26H,14,18H2. The molecular formula is C40H28N4O3. The van der Waals surface area contributed by atoms with Crippen molar-refractivity contribution in [1.82, 2.24) is 20.4 Å². The molecule has 8 rings (SSSR count). The fourth-order valence-electron chi connectivity index (χ4n) is 5.54. The van der Waals surface area contributed by atoms with E-state index >= 15 is 0 Å². The van der Waals surface area contributed by atoms with Crippen LogP contribution >= 0.6 is 0 Å². The molecule has 0 saturated heterocycles. The molecule has 5 aromatic carbocycles. The largest absolute Gasteiger partial charge is 0.457 e. The average Bonchev–Trinajstić information content (AvgIpc) is 3.85. The zero-order chi connectivity index (χ0) is 31.4. The van der Waals surface area contributed by atoms with Gasteiger partial charge in [0.15, 0.2) is 0 Å². The normalized spacial score (nSPS) is 12.8. The predicted molar refractivity (Wildman–Crippen MR) is 182 cm³/mol. The van der Waals surface area contributed by atoms with Crippen molar-refractivity contribution in [2.75, 3.05) is 0 Å². The molecule has 226 valence electrons. The number of nitrogens with zero attached hydrogens (tertiary/aromatic N) is 4. The highest BCUT2D eigenvalue weighted by molar-refractivity contribution is 5.76. The summed E-state index contributed by atoms with van der Waals surface area (Å²) in [7, 11) is 0. The zero-order valence-corrected chi connectivity index (χ0v) is 25.3. The van der Waals surface area contributed by atoms with Gasteiger partial charge < -0.3 is 13.6 Å². The summed E-state index contributed by atoms with van der Waals surface area (Å²) in [5.74, 6) is 3.31. The molecule has 1 aliphatic rings. The van der Waals surface area contributed by atoms with Gasteiger partial charge in [0.2, 0.25) is 23.6 Å². The minimum absolute atomic E-state index is 0.443. The quantitative estimate of drug-likeness (QED) is 0.169. The Morgan fingerprint density at radius 2 is 0.745 bits per heavy atom. The predicted octanol–water partition coefficient (Wildman–Crippen LogP) is 10.2. The third kappa shape index (κ3) is 6.15. The van der Waals surface area contributed by atoms with E-state index in [1.165, 1.54) is 11.1 Å². The monoisotopic (exact) mass is 612 g/mol. The molecule has 0 aliphatic heterocycles. The molecule has 0 amide bonds. The van der Waals surface area contributed by atoms with Gasteiger partial charge in [0.25, 0.3) is 0 Å². The number of ether oxygens (including phenoxy) is 1. The molecule has 2 heterocycles. The van der Waals surface area contributed by atoms with Gasteiger partial charge in [0.1, 0.15) is 11.5 Å². The Bertz CT molecular complexity index is 2180. The molecule has 0 N–H and O–H groups in total. The molecule has 7 heteroatoms. The van der Waals surface area contributed by atoms with Gasteiger partial charge in [0.05, 0.1) is 0 Å². The Hall–Kier alpha value is -6.34. The number of benzene rings is 5. The molecule has 1 aliphatic carbocycles. The Balaban J connectivity index is 0.901. The van der Waals surface area contributed by atoms with Crippen LogP contribution in [0.2, 0.25) is 0 Å². The van der Waals surface area contributed by atoms with Crippen molar-refractivity contribution in [3.63, 3.8) is 0 Å². The lowest BCUT2D eigenvalue weighted by molar-refractivity contribution is 0.482. The number of hydrogen-bond acceptors (Lipinski definition) is 7. The fourth-order valence-corrected chi connectivity index (χ4v) is 5.54. The van der Waals surface area contributed by atoms with Crippen LogP contribution < -0.4 is 4.74 Å². The summed E-state index contributed by atoms with van der Waals surface area (Å²) >= 11 is 0. The van der Waals surface area contributed by atoms with Crippen LogP contribution in [0, 0.1) is 0 Å². The van der Waals surface area contributed by atoms with E-state index in [1.54, 1.807) is 0 Å². The van der Waals surface area contributed by atoms with Gasteiger partial charge in [-0.25, -0.2) is 0 Å². The minimum atomic E-state index is 0.443. The molecule has 0 fully saturated rings. The lowest BCUT2D eigenvalue weighted by atomic mass is 9.93. The second-order valence-electron chi connectivity index (χ2n) is 11.2. The van der Waals surface area contributed by atoms with E-state index in [4.69, 9.17) is 13.6 Å². The summed E-state index contributed by atoms with van der Waals surface area (Å²) in [6.45, 7) is 0. The maximum atomic E-state index is 6.08. The van der Waals surface area contributed by atoms with Gasteiger partial charge in [-0.3, -0.25) is 0 Å². The molecule has 7 aromatic rings. The first-order valence-electron chi connectivity index (χ1n) is 15.4. The summed E-state index contributed by atoms with van der Waals surface area (Å²) in [5.41, 5.74) is 8.38. The Kier molecular flexibility index (Phi) is 7.53. The highest BCUT2D eigenvalue weighted by Gasteiger charge is 2.17. The second-order valence-corrected chi connectivity index (χ2v) is 11.2. The van der Waals surface area contributed by atoms with Crippen LogP contribution in [0.1, 0.15) is 24.3 Å². The van der Waals surface area contributed by atoms with Crippen molar-refractivity contribution in [1.29, 1.82) is 0 Å². The molecule has 2 aromatic heterocycles. The molecule has 0 unspecified atom stereocenters. The van der Waals surface area contributed by atoms with Crippen LogP contribution in [0.25, 0.3) is 56.6 Å². The average molecular weight is 613 g/mol. The minimum Gasteiger partial charge on any atom is -0.457 e. The number of hydrogen-bond donors (Lipinski definition) is 0. The topological polar surface area (TPSA) is 87.1 Å². The van der Waals surface area contributed by atoms with Crippen molar-refractivity contribution in [2.24, 2.45) is 0 Å². The molecule has 0 radical (unpaired) electrons. The maximum absolute atomic E-state index is 6.08. The molecule has 0 spiro atoms. The molecule has 47 heavy (non-hydrogen) atoms. The van der Waals surface area contributed by atoms with E-state index in [0.717, 1.165) is 46.2 Å². The lowest BCUT2D eigenvalue weighted by Gasteiger charge is -2.12. The third-order valence-corrected chi connectivity index (χ3v) is 8.10. The van der Waals surface area contributed by atoms with E-state index in [2.05, 4.69) is 81.1 Å². The van der Waals surface area contributed by atoms with Crippen LogP contribution in [0.15, 0.2) is 154 Å². The Labute approximate surface area is 271 Å². The first-order chi connectivity index (χ1) is 23.2. The smallest absolute Gasteiger partial charge is 0.248 e. The van der Waals surface area contributed by atoms with Crippen molar-refractivity contribution in [3.05, 3.63) is 157 Å². The SMILES string of the molecule is C1=C(c2ccccc2)CCC(c2nnc(-c3ccc(Oc4ccc(-c5nnc(-c6ccc(-c7ccccc7)cc6)o5)cc4)cc3)o2)=C1. The van der Waals surface area contributed by atoms with Crippen LogP contribution in [0.5, 0.6) is 11.5 Å². The second kappa shape index (κ2) is 12.6. The molecular weight excluding hydrogens is 584 g/mol. The lowest BCUT2D eigenvalue weighted by Crippen LogP contribution is -1.93. The summed E-state index contributed by atoms with van der Waals surface area (Å²) in [4.78, 5) is 0. The van der Waals surface area contributed by atoms with Gasteiger partial charge in [-0.15, -0.1) is 20.4 Å². The van der Waals surface area contributed by atoms with Gasteiger partial charge in [-0.2, -0.15) is 0 Å². The Morgan fingerprint density at radius 1 is 0.362 bits per heavy atom. The summed E-state index contributed by atoms with van der Waals surface area (Å²) < 4.78 is 18.1. The van der Waals surface area contributed by atoms with Crippen LogP contribution in [-0.4, -0.2) is 20.4 Å². The molecule has 0 atom stereocenters. The Morgan fingerprint density at radius 3 is 1.26 bits per heavy atom. The number of allylic oxidation sites excluding steroid dienone is 4. The van der Waals surface area contributed by atoms with Crippen LogP contribution in [0.3, 0.4) is 0 Å². The van der Waals surface area contributed by atoms with Crippen molar-refractivity contribution < 1.29 is 13.6 Å². The fraction of sp³-hybridized carbons (Fsp3) is 0.0500. The zero-order valence-electron chi connectivity index (χ0n) is 25.3. The molecule has 0 bridgehead atoms. The summed E-state index contributed by atoms with van der Waals surface area (Å²) in [6.07, 6.45) is 6.00. The highest BCUT2D eigenvalue weighted by Crippen LogP contribution is 2.33.